The summed E-state index contributed by atoms with van der Waals surface area (Å²) in [6.07, 6.45) is 4.78. The van der Waals surface area contributed by atoms with E-state index in [-0.39, 0.29) is 11.8 Å². The van der Waals surface area contributed by atoms with Crippen molar-refractivity contribution in [2.24, 2.45) is 5.92 Å². The second kappa shape index (κ2) is 7.17. The van der Waals surface area contributed by atoms with E-state index in [1.165, 1.54) is 30.0 Å². The molecule has 30 heavy (non-hydrogen) atoms. The summed E-state index contributed by atoms with van der Waals surface area (Å²) in [4.78, 5) is 29.3. The van der Waals surface area contributed by atoms with Crippen LogP contribution in [0.15, 0.2) is 48.8 Å². The second-order valence-electron chi connectivity index (χ2n) is 7.57. The van der Waals surface area contributed by atoms with E-state index in [1.54, 1.807) is 0 Å². The van der Waals surface area contributed by atoms with Crippen molar-refractivity contribution in [2.75, 3.05) is 5.32 Å². The van der Waals surface area contributed by atoms with Gasteiger partial charge in [0.15, 0.2) is 12.4 Å². The highest BCUT2D eigenvalue weighted by Crippen LogP contribution is 2.47. The number of hydrogen-bond donors (Lipinski definition) is 1. The van der Waals surface area contributed by atoms with Gasteiger partial charge in [0.2, 0.25) is 11.9 Å². The minimum atomic E-state index is -0.810. The lowest BCUT2D eigenvalue weighted by Crippen LogP contribution is -2.37. The molecule has 1 N–H and O–H groups in total. The molecule has 1 aliphatic heterocycles. The fourth-order valence-corrected chi connectivity index (χ4v) is 4.84. The number of ether oxygens (including phenoxy) is 1. The molecule has 1 saturated carbocycles. The molecular formula is C21H18N4O4S. The molecule has 5 rings (SSSR count). The number of nitrogens with zero attached hydrogens (tertiary/aromatic N) is 3. The van der Waals surface area contributed by atoms with Gasteiger partial charge in [-0.1, -0.05) is 30.3 Å². The number of aromatic nitrogens is 3. The van der Waals surface area contributed by atoms with Gasteiger partial charge < -0.3 is 9.94 Å². The number of fused-ring (bicyclic) bond motifs is 2. The summed E-state index contributed by atoms with van der Waals surface area (Å²) in [5, 5.41) is 15.3. The van der Waals surface area contributed by atoms with Gasteiger partial charge in [0, 0.05) is 17.5 Å². The summed E-state index contributed by atoms with van der Waals surface area (Å²) in [6.45, 7) is 0. The lowest BCUT2D eigenvalue weighted by molar-refractivity contribution is -0.606. The third-order valence-corrected chi connectivity index (χ3v) is 6.54. The Balaban J connectivity index is 1.26. The van der Waals surface area contributed by atoms with Crippen LogP contribution < -0.4 is 10.0 Å². The third-order valence-electron chi connectivity index (χ3n) is 5.78. The SMILES string of the molecule is O=C1OC2(CCC(C(=O)Nc3nsc(-c4ccccc4)n3)CC2)c2c[n+]([O-])ccc21. The quantitative estimate of drug-likeness (QED) is 0.395. The normalized spacial score (nSPS) is 22.5. The number of carbonyl (C=O) groups excluding carboxylic acids is 2. The monoisotopic (exact) mass is 422 g/mol. The first-order chi connectivity index (χ1) is 14.5. The van der Waals surface area contributed by atoms with E-state index in [0.717, 1.165) is 10.6 Å². The molecule has 3 heterocycles. The standard InChI is InChI=1S/C21H18N4O4S/c26-17(22-20-23-18(30-24-20)14-4-2-1-3-5-14)13-6-9-21(10-7-13)16-12-25(28)11-8-15(16)19(27)29-21/h1-5,8,11-13H,6-7,9-10H2,(H,22,24,26). The van der Waals surface area contributed by atoms with E-state index in [0.29, 0.717) is 47.5 Å². The molecule has 152 valence electrons. The number of pyridine rings is 1. The summed E-state index contributed by atoms with van der Waals surface area (Å²) in [5.74, 6) is -0.480. The number of benzene rings is 1. The van der Waals surface area contributed by atoms with Crippen molar-refractivity contribution in [1.29, 1.82) is 0 Å². The molecule has 1 aromatic carbocycles. The predicted octanol–water partition coefficient (Wildman–Crippen LogP) is 3.03. The van der Waals surface area contributed by atoms with Gasteiger partial charge in [0.25, 0.3) is 0 Å². The maximum atomic E-state index is 12.7. The largest absolute Gasteiger partial charge is 0.619 e. The zero-order valence-electron chi connectivity index (χ0n) is 15.9. The van der Waals surface area contributed by atoms with Crippen LogP contribution in [0.4, 0.5) is 5.95 Å². The molecule has 2 aromatic heterocycles. The molecule has 0 bridgehead atoms. The van der Waals surface area contributed by atoms with Gasteiger partial charge >= 0.3 is 5.97 Å². The summed E-state index contributed by atoms with van der Waals surface area (Å²) in [7, 11) is 0. The molecular weight excluding hydrogens is 404 g/mol. The van der Waals surface area contributed by atoms with Gasteiger partial charge in [-0.05, 0) is 37.2 Å². The average molecular weight is 422 g/mol. The number of anilines is 1. The number of esters is 1. The minimum absolute atomic E-state index is 0.140. The molecule has 1 fully saturated rings. The number of amides is 1. The van der Waals surface area contributed by atoms with Crippen LogP contribution in [0.1, 0.15) is 41.6 Å². The van der Waals surface area contributed by atoms with Crippen molar-refractivity contribution in [1.82, 2.24) is 9.36 Å². The first-order valence-electron chi connectivity index (χ1n) is 9.71. The Morgan fingerprint density at radius 1 is 1.23 bits per heavy atom. The van der Waals surface area contributed by atoms with Crippen LogP contribution in [-0.2, 0) is 15.1 Å². The van der Waals surface area contributed by atoms with E-state index in [4.69, 9.17) is 4.74 Å². The van der Waals surface area contributed by atoms with E-state index in [9.17, 15) is 14.8 Å². The van der Waals surface area contributed by atoms with Crippen LogP contribution in [-0.4, -0.2) is 21.2 Å². The van der Waals surface area contributed by atoms with Crippen LogP contribution in [0.2, 0.25) is 0 Å². The van der Waals surface area contributed by atoms with Crippen molar-refractivity contribution in [2.45, 2.75) is 31.3 Å². The highest BCUT2D eigenvalue weighted by atomic mass is 32.1. The molecule has 0 atom stereocenters. The summed E-state index contributed by atoms with van der Waals surface area (Å²) < 4.78 is 10.6. The fraction of sp³-hybridized carbons (Fsp3) is 0.286. The summed E-state index contributed by atoms with van der Waals surface area (Å²) in [5.41, 5.74) is 1.20. The molecule has 0 radical (unpaired) electrons. The Morgan fingerprint density at radius 3 is 2.77 bits per heavy atom. The highest BCUT2D eigenvalue weighted by Gasteiger charge is 2.50. The maximum absolute atomic E-state index is 12.7. The Morgan fingerprint density at radius 2 is 2.00 bits per heavy atom. The van der Waals surface area contributed by atoms with Crippen molar-refractivity contribution < 1.29 is 19.1 Å². The minimum Gasteiger partial charge on any atom is -0.619 e. The molecule has 1 amide bonds. The second-order valence-corrected chi connectivity index (χ2v) is 8.32. The van der Waals surface area contributed by atoms with Crippen molar-refractivity contribution in [3.63, 3.8) is 0 Å². The molecule has 9 heteroatoms. The lowest BCUT2D eigenvalue weighted by Gasteiger charge is -2.35. The Hall–Kier alpha value is -3.33. The molecule has 1 spiro atoms. The van der Waals surface area contributed by atoms with Crippen LogP contribution in [0.25, 0.3) is 10.6 Å². The van der Waals surface area contributed by atoms with Gasteiger partial charge in [-0.25, -0.2) is 4.79 Å². The van der Waals surface area contributed by atoms with Crippen LogP contribution in [0.3, 0.4) is 0 Å². The van der Waals surface area contributed by atoms with Crippen LogP contribution >= 0.6 is 11.5 Å². The van der Waals surface area contributed by atoms with E-state index < -0.39 is 11.6 Å². The van der Waals surface area contributed by atoms with Crippen molar-refractivity contribution in [3.05, 3.63) is 65.1 Å². The smallest absolute Gasteiger partial charge is 0.339 e. The summed E-state index contributed by atoms with van der Waals surface area (Å²) >= 11 is 1.24. The zero-order chi connectivity index (χ0) is 20.7. The Bertz CT molecular complexity index is 1120. The van der Waals surface area contributed by atoms with Crippen LogP contribution in [0, 0.1) is 11.1 Å². The Labute approximate surface area is 176 Å². The fourth-order valence-electron chi connectivity index (χ4n) is 4.21. The van der Waals surface area contributed by atoms with Gasteiger partial charge in [-0.2, -0.15) is 14.1 Å². The van der Waals surface area contributed by atoms with E-state index >= 15 is 0 Å². The first kappa shape index (κ1) is 18.7. The number of hydrogen-bond acceptors (Lipinski definition) is 7. The number of rotatable bonds is 3. The molecule has 8 nitrogen and oxygen atoms in total. The molecule has 0 unspecified atom stereocenters. The number of carbonyl (C=O) groups is 2. The van der Waals surface area contributed by atoms with Gasteiger partial charge in [-0.3, -0.25) is 10.1 Å². The van der Waals surface area contributed by atoms with Crippen molar-refractivity contribution >= 4 is 29.4 Å². The number of nitrogens with one attached hydrogen (secondary N) is 1. The zero-order valence-corrected chi connectivity index (χ0v) is 16.7. The maximum Gasteiger partial charge on any atom is 0.339 e. The molecule has 1 aliphatic carbocycles. The predicted molar refractivity (Wildman–Crippen MR) is 108 cm³/mol. The van der Waals surface area contributed by atoms with Gasteiger partial charge in [-0.15, -0.1) is 0 Å². The third kappa shape index (κ3) is 3.21. The van der Waals surface area contributed by atoms with Crippen molar-refractivity contribution in [3.8, 4) is 10.6 Å². The molecule has 3 aromatic rings. The average Bonchev–Trinajstić information content (AvgIpc) is 3.32. The van der Waals surface area contributed by atoms with Gasteiger partial charge in [0.1, 0.15) is 10.6 Å². The van der Waals surface area contributed by atoms with Crippen LogP contribution in [0.5, 0.6) is 0 Å². The highest BCUT2D eigenvalue weighted by molar-refractivity contribution is 7.09. The van der Waals surface area contributed by atoms with Gasteiger partial charge in [0.05, 0.1) is 11.1 Å². The van der Waals surface area contributed by atoms with E-state index in [2.05, 4.69) is 14.7 Å². The topological polar surface area (TPSA) is 108 Å². The lowest BCUT2D eigenvalue weighted by atomic mass is 9.75. The first-order valence-corrected chi connectivity index (χ1v) is 10.5. The molecule has 0 saturated heterocycles. The van der Waals surface area contributed by atoms with E-state index in [1.807, 2.05) is 30.3 Å². The summed E-state index contributed by atoms with van der Waals surface area (Å²) in [6, 6.07) is 11.2. The molecule has 2 aliphatic rings. The Kier molecular flexibility index (Phi) is 4.47.